The quantitative estimate of drug-likeness (QED) is 0.697. The van der Waals surface area contributed by atoms with E-state index in [2.05, 4.69) is 48.0 Å². The maximum absolute atomic E-state index is 13.7. The van der Waals surface area contributed by atoms with Crippen molar-refractivity contribution in [1.82, 2.24) is 14.4 Å². The van der Waals surface area contributed by atoms with Crippen molar-refractivity contribution >= 4 is 5.91 Å². The Kier molecular flexibility index (Phi) is 7.46. The molecule has 1 amide bonds. The van der Waals surface area contributed by atoms with Gasteiger partial charge in [-0.1, -0.05) is 43.2 Å². The number of fused-ring (bicyclic) bond motifs is 1. The highest BCUT2D eigenvalue weighted by molar-refractivity contribution is 5.77. The van der Waals surface area contributed by atoms with Crippen molar-refractivity contribution in [2.24, 2.45) is 0 Å². The summed E-state index contributed by atoms with van der Waals surface area (Å²) in [6, 6.07) is 13.7. The number of likely N-dealkylation sites (tertiary alicyclic amines) is 2. The number of pyridine rings is 1. The van der Waals surface area contributed by atoms with Gasteiger partial charge in [-0.05, 0) is 71.2 Å². The molecule has 6 nitrogen and oxygen atoms in total. The van der Waals surface area contributed by atoms with E-state index >= 15 is 0 Å². The monoisotopic (exact) mass is 465 g/mol. The van der Waals surface area contributed by atoms with Gasteiger partial charge in [0.05, 0.1) is 6.04 Å². The summed E-state index contributed by atoms with van der Waals surface area (Å²) < 4.78 is 1.64. The van der Waals surface area contributed by atoms with E-state index in [1.807, 2.05) is 13.0 Å². The zero-order valence-corrected chi connectivity index (χ0v) is 20.9. The smallest absolute Gasteiger partial charge is 0.254 e. The molecule has 184 valence electrons. The lowest BCUT2D eigenvalue weighted by molar-refractivity contribution is -0.135. The molecule has 3 atom stereocenters. The van der Waals surface area contributed by atoms with Crippen molar-refractivity contribution in [3.63, 3.8) is 0 Å². The van der Waals surface area contributed by atoms with Crippen LogP contribution in [-0.4, -0.2) is 56.6 Å². The molecular weight excluding hydrogens is 426 g/mol. The molecule has 6 heteroatoms. The topological polar surface area (TPSA) is 65.8 Å². The van der Waals surface area contributed by atoms with Crippen LogP contribution in [0.15, 0.2) is 47.3 Å². The Morgan fingerprint density at radius 2 is 1.91 bits per heavy atom. The molecule has 1 aromatic heterocycles. The molecular formula is C28H39N3O3. The van der Waals surface area contributed by atoms with Crippen LogP contribution in [0.5, 0.6) is 5.75 Å². The Balaban J connectivity index is 1.53. The van der Waals surface area contributed by atoms with Crippen LogP contribution in [0.1, 0.15) is 63.1 Å². The number of aryl methyl sites for hydroxylation is 1. The molecule has 0 spiro atoms. The molecule has 0 aliphatic carbocycles. The van der Waals surface area contributed by atoms with Crippen molar-refractivity contribution in [2.45, 2.75) is 89.4 Å². The summed E-state index contributed by atoms with van der Waals surface area (Å²) >= 11 is 0. The lowest BCUT2D eigenvalue weighted by atomic mass is 9.84. The fourth-order valence-electron chi connectivity index (χ4n) is 6.19. The van der Waals surface area contributed by atoms with Crippen LogP contribution in [0.2, 0.25) is 0 Å². The third kappa shape index (κ3) is 5.07. The summed E-state index contributed by atoms with van der Waals surface area (Å²) in [6.45, 7) is 5.73. The number of hydrogen-bond acceptors (Lipinski definition) is 4. The van der Waals surface area contributed by atoms with Gasteiger partial charge in [-0.3, -0.25) is 14.5 Å². The molecule has 0 radical (unpaired) electrons. The van der Waals surface area contributed by atoms with Crippen LogP contribution < -0.4 is 5.56 Å². The molecule has 2 saturated heterocycles. The molecule has 3 heterocycles. The number of carbonyl (C=O) groups is 1. The SMILES string of the molecule is Cc1cc(O)cc(=O)n1CCCC(=O)N1[C@H](Cc2ccccc2)C[C@@]2(C)[C@@H]1CCCCCN2C. The third-order valence-corrected chi connectivity index (χ3v) is 8.13. The molecule has 0 unspecified atom stereocenters. The van der Waals surface area contributed by atoms with Gasteiger partial charge in [0.25, 0.3) is 5.56 Å². The minimum absolute atomic E-state index is 0.0108. The number of carbonyl (C=O) groups excluding carboxylic acids is 1. The van der Waals surface area contributed by atoms with Gasteiger partial charge in [0.2, 0.25) is 5.91 Å². The number of aromatic nitrogens is 1. The number of nitrogens with zero attached hydrogens (tertiary/aromatic N) is 3. The highest BCUT2D eigenvalue weighted by Gasteiger charge is 2.52. The number of aromatic hydroxyl groups is 1. The van der Waals surface area contributed by atoms with E-state index in [1.165, 1.54) is 24.5 Å². The van der Waals surface area contributed by atoms with E-state index in [1.54, 1.807) is 10.6 Å². The standard InChI is InChI=1S/C28H39N3O3/c1-21-17-24(32)19-27(34)30(21)16-10-14-26(33)31-23(18-22-11-6-4-7-12-22)20-28(2)25(31)13-8-5-9-15-29(28)3/h4,6-7,11-12,17,19,23,25,32H,5,8-10,13-16,18,20H2,1-3H3/t23-,25+,28+/m1/s1. The average Bonchev–Trinajstić information content (AvgIpc) is 3.06. The summed E-state index contributed by atoms with van der Waals surface area (Å²) in [6.07, 6.45) is 7.55. The third-order valence-electron chi connectivity index (χ3n) is 8.13. The van der Waals surface area contributed by atoms with Crippen LogP contribution in [-0.2, 0) is 17.8 Å². The lowest BCUT2D eigenvalue weighted by Gasteiger charge is -2.44. The van der Waals surface area contributed by atoms with Gasteiger partial charge in [0.15, 0.2) is 0 Å². The van der Waals surface area contributed by atoms with Gasteiger partial charge < -0.3 is 14.6 Å². The van der Waals surface area contributed by atoms with E-state index < -0.39 is 0 Å². The average molecular weight is 466 g/mol. The fraction of sp³-hybridized carbons (Fsp3) is 0.571. The van der Waals surface area contributed by atoms with Gasteiger partial charge in [0.1, 0.15) is 5.75 Å². The van der Waals surface area contributed by atoms with Gasteiger partial charge in [-0.2, -0.15) is 0 Å². The predicted octanol–water partition coefficient (Wildman–Crippen LogP) is 4.12. The van der Waals surface area contributed by atoms with Crippen molar-refractivity contribution in [2.75, 3.05) is 13.6 Å². The second-order valence-electron chi connectivity index (χ2n) is 10.4. The first-order valence-electron chi connectivity index (χ1n) is 12.8. The summed E-state index contributed by atoms with van der Waals surface area (Å²) in [5, 5.41) is 9.65. The van der Waals surface area contributed by atoms with Crippen molar-refractivity contribution in [3.8, 4) is 5.75 Å². The van der Waals surface area contributed by atoms with E-state index in [0.29, 0.717) is 19.4 Å². The molecule has 1 aromatic carbocycles. The lowest BCUT2D eigenvalue weighted by Crippen LogP contribution is -2.55. The van der Waals surface area contributed by atoms with Gasteiger partial charge in [-0.25, -0.2) is 0 Å². The zero-order chi connectivity index (χ0) is 24.3. The fourth-order valence-corrected chi connectivity index (χ4v) is 6.19. The van der Waals surface area contributed by atoms with Gasteiger partial charge in [-0.15, -0.1) is 0 Å². The van der Waals surface area contributed by atoms with Crippen LogP contribution in [0, 0.1) is 6.92 Å². The first-order chi connectivity index (χ1) is 16.3. The number of benzene rings is 1. The summed E-state index contributed by atoms with van der Waals surface area (Å²) in [5.41, 5.74) is 1.76. The first kappa shape index (κ1) is 24.5. The zero-order valence-electron chi connectivity index (χ0n) is 20.9. The largest absolute Gasteiger partial charge is 0.508 e. The second kappa shape index (κ2) is 10.3. The highest BCUT2D eigenvalue weighted by Crippen LogP contribution is 2.42. The second-order valence-corrected chi connectivity index (χ2v) is 10.4. The maximum Gasteiger partial charge on any atom is 0.254 e. The maximum atomic E-state index is 13.7. The van der Waals surface area contributed by atoms with Crippen molar-refractivity contribution in [1.29, 1.82) is 0 Å². The Hall–Kier alpha value is -2.60. The summed E-state index contributed by atoms with van der Waals surface area (Å²) in [4.78, 5) is 30.8. The molecule has 2 fully saturated rings. The Morgan fingerprint density at radius 1 is 1.15 bits per heavy atom. The van der Waals surface area contributed by atoms with Crippen LogP contribution in [0.4, 0.5) is 0 Å². The summed E-state index contributed by atoms with van der Waals surface area (Å²) in [5.74, 6) is 0.191. The van der Waals surface area contributed by atoms with Gasteiger partial charge in [0, 0.05) is 36.3 Å². The van der Waals surface area contributed by atoms with Crippen molar-refractivity contribution in [3.05, 3.63) is 64.1 Å². The highest BCUT2D eigenvalue weighted by atomic mass is 16.3. The van der Waals surface area contributed by atoms with E-state index in [4.69, 9.17) is 0 Å². The molecule has 2 aliphatic rings. The molecule has 2 aromatic rings. The van der Waals surface area contributed by atoms with Crippen molar-refractivity contribution < 1.29 is 9.90 Å². The minimum Gasteiger partial charge on any atom is -0.508 e. The number of rotatable bonds is 6. The first-order valence-corrected chi connectivity index (χ1v) is 12.8. The van der Waals surface area contributed by atoms with E-state index in [-0.39, 0.29) is 34.8 Å². The van der Waals surface area contributed by atoms with Gasteiger partial charge >= 0.3 is 0 Å². The Morgan fingerprint density at radius 3 is 2.65 bits per heavy atom. The molecule has 2 aliphatic heterocycles. The van der Waals surface area contributed by atoms with E-state index in [0.717, 1.165) is 37.9 Å². The van der Waals surface area contributed by atoms with Crippen LogP contribution in [0.3, 0.4) is 0 Å². The predicted molar refractivity (Wildman–Crippen MR) is 135 cm³/mol. The summed E-state index contributed by atoms with van der Waals surface area (Å²) in [7, 11) is 2.23. The molecule has 0 saturated carbocycles. The van der Waals surface area contributed by atoms with Crippen LogP contribution >= 0.6 is 0 Å². The normalized spacial score (nSPS) is 25.6. The molecule has 34 heavy (non-hydrogen) atoms. The Labute approximate surface area is 203 Å². The molecule has 0 bridgehead atoms. The van der Waals surface area contributed by atoms with E-state index in [9.17, 15) is 14.7 Å². The minimum atomic E-state index is -0.220. The number of likely N-dealkylation sites (N-methyl/N-ethyl adjacent to an activating group) is 1. The Bertz CT molecular complexity index is 1050. The molecule has 4 rings (SSSR count). The molecule has 1 N–H and O–H groups in total. The number of hydrogen-bond donors (Lipinski definition) is 1. The number of amides is 1. The van der Waals surface area contributed by atoms with Crippen LogP contribution in [0.25, 0.3) is 0 Å².